The molecule has 4 aromatic rings. The molecule has 0 bridgehead atoms. The smallest absolute Gasteiger partial charge is 0.255 e. The topological polar surface area (TPSA) is 56.2 Å². The number of fused-ring (bicyclic) bond motifs is 1. The molecule has 0 aliphatic carbocycles. The predicted octanol–water partition coefficient (Wildman–Crippen LogP) is 5.07. The summed E-state index contributed by atoms with van der Waals surface area (Å²) in [6.45, 7) is 1.70. The monoisotopic (exact) mass is 453 g/mol. The van der Waals surface area contributed by atoms with E-state index in [1.807, 2.05) is 54.6 Å². The van der Waals surface area contributed by atoms with Crippen LogP contribution in [-0.2, 0) is 19.6 Å². The summed E-state index contributed by atoms with van der Waals surface area (Å²) in [6, 6.07) is 20.5. The molecule has 2 aromatic heterocycles. The van der Waals surface area contributed by atoms with Crippen LogP contribution in [-0.4, -0.2) is 16.2 Å². The van der Waals surface area contributed by atoms with E-state index in [2.05, 4.69) is 10.3 Å². The Hall–Kier alpha value is -2.86. The van der Waals surface area contributed by atoms with Gasteiger partial charge in [-0.25, -0.2) is 0 Å². The number of hydrogen-bond acceptors (Lipinski definition) is 4. The van der Waals surface area contributed by atoms with Gasteiger partial charge < -0.3 is 14.6 Å². The number of ether oxygens (including phenoxy) is 1. The van der Waals surface area contributed by atoms with E-state index >= 15 is 0 Å². The fourth-order valence-electron chi connectivity index (χ4n) is 3.40. The number of hydrogen-bond donors (Lipinski definition) is 1. The molecule has 2 heterocycles. The number of rotatable bonds is 8. The van der Waals surface area contributed by atoms with Crippen molar-refractivity contribution in [1.29, 1.82) is 0 Å². The fraction of sp³-hybridized carbons (Fsp3) is 0.167. The Bertz CT molecular complexity index is 1240. The first-order valence-corrected chi connectivity index (χ1v) is 10.7. The second-order valence-electron chi connectivity index (χ2n) is 7.06. The summed E-state index contributed by atoms with van der Waals surface area (Å²) in [6.07, 6.45) is 1.67. The third-order valence-electron chi connectivity index (χ3n) is 4.86. The largest absolute Gasteiger partial charge is 0.492 e. The molecule has 0 spiro atoms. The molecule has 0 saturated carbocycles. The van der Waals surface area contributed by atoms with Crippen molar-refractivity contribution in [3.63, 3.8) is 0 Å². The predicted molar refractivity (Wildman–Crippen MR) is 125 cm³/mol. The minimum absolute atomic E-state index is 0.0713. The van der Waals surface area contributed by atoms with E-state index in [0.29, 0.717) is 41.8 Å². The lowest BCUT2D eigenvalue weighted by Gasteiger charge is -2.14. The van der Waals surface area contributed by atoms with Gasteiger partial charge in [0.25, 0.3) is 5.56 Å². The first kappa shape index (κ1) is 21.4. The average Bonchev–Trinajstić information content (AvgIpc) is 2.77. The van der Waals surface area contributed by atoms with E-state index in [0.717, 1.165) is 22.3 Å². The average molecular weight is 454 g/mol. The Morgan fingerprint density at radius 2 is 1.74 bits per heavy atom. The fourth-order valence-corrected chi connectivity index (χ4v) is 3.74. The number of halogens is 2. The van der Waals surface area contributed by atoms with Crippen LogP contribution in [0.2, 0.25) is 10.0 Å². The van der Waals surface area contributed by atoms with E-state index in [1.54, 1.807) is 22.9 Å². The molecule has 0 saturated heterocycles. The highest BCUT2D eigenvalue weighted by Gasteiger charge is 2.10. The van der Waals surface area contributed by atoms with Gasteiger partial charge in [-0.1, -0.05) is 47.5 Å². The summed E-state index contributed by atoms with van der Waals surface area (Å²) in [5.74, 6) is 0.768. The van der Waals surface area contributed by atoms with Crippen molar-refractivity contribution < 1.29 is 4.74 Å². The number of pyridine rings is 2. The lowest BCUT2D eigenvalue weighted by atomic mass is 10.1. The van der Waals surface area contributed by atoms with Crippen molar-refractivity contribution in [2.75, 3.05) is 6.61 Å². The van der Waals surface area contributed by atoms with Crippen LogP contribution < -0.4 is 15.6 Å². The maximum atomic E-state index is 13.2. The standard InChI is InChI=1S/C24H21Cl2N3O2/c25-19-7-6-17-12-18(15-27-16-21-13-20(26)8-9-28-21)24(30)29(23(17)14-19)10-11-31-22-4-2-1-3-5-22/h1-9,12-14,27H,10-11,15-16H2. The molecular weight excluding hydrogens is 433 g/mol. The van der Waals surface area contributed by atoms with Crippen LogP contribution in [0.5, 0.6) is 5.75 Å². The molecule has 0 fully saturated rings. The molecule has 31 heavy (non-hydrogen) atoms. The Labute approximate surface area is 190 Å². The second-order valence-corrected chi connectivity index (χ2v) is 7.93. The molecule has 1 N–H and O–H groups in total. The highest BCUT2D eigenvalue weighted by molar-refractivity contribution is 6.31. The molecule has 0 atom stereocenters. The second kappa shape index (κ2) is 9.96. The van der Waals surface area contributed by atoms with E-state index in [-0.39, 0.29) is 5.56 Å². The number of benzene rings is 2. The summed E-state index contributed by atoms with van der Waals surface area (Å²) in [4.78, 5) is 17.5. The molecule has 5 nitrogen and oxygen atoms in total. The quantitative estimate of drug-likeness (QED) is 0.404. The lowest BCUT2D eigenvalue weighted by Crippen LogP contribution is -2.29. The zero-order chi connectivity index (χ0) is 21.6. The Morgan fingerprint density at radius 1 is 0.935 bits per heavy atom. The minimum atomic E-state index is -0.0713. The SMILES string of the molecule is O=c1c(CNCc2cc(Cl)ccn2)cc2ccc(Cl)cc2n1CCOc1ccccc1. The van der Waals surface area contributed by atoms with Gasteiger partial charge in [0.15, 0.2) is 0 Å². The van der Waals surface area contributed by atoms with E-state index < -0.39 is 0 Å². The van der Waals surface area contributed by atoms with Crippen LogP contribution in [0, 0.1) is 0 Å². The van der Waals surface area contributed by atoms with Gasteiger partial charge in [0.2, 0.25) is 0 Å². The van der Waals surface area contributed by atoms with Crippen molar-refractivity contribution >= 4 is 34.1 Å². The van der Waals surface area contributed by atoms with Crippen LogP contribution >= 0.6 is 23.2 Å². The maximum Gasteiger partial charge on any atom is 0.255 e. The van der Waals surface area contributed by atoms with Gasteiger partial charge in [-0.05, 0) is 47.9 Å². The van der Waals surface area contributed by atoms with Crippen molar-refractivity contribution in [3.8, 4) is 5.75 Å². The van der Waals surface area contributed by atoms with Crippen molar-refractivity contribution in [2.24, 2.45) is 0 Å². The summed E-state index contributed by atoms with van der Waals surface area (Å²) in [5, 5.41) is 5.45. The Balaban J connectivity index is 1.55. The van der Waals surface area contributed by atoms with Gasteiger partial charge >= 0.3 is 0 Å². The molecule has 4 rings (SSSR count). The third kappa shape index (κ3) is 5.44. The van der Waals surface area contributed by atoms with Gasteiger partial charge in [-0.15, -0.1) is 0 Å². The summed E-state index contributed by atoms with van der Waals surface area (Å²) >= 11 is 12.2. The molecule has 2 aromatic carbocycles. The van der Waals surface area contributed by atoms with E-state index in [1.165, 1.54) is 0 Å². The Morgan fingerprint density at radius 3 is 2.55 bits per heavy atom. The van der Waals surface area contributed by atoms with Crippen LogP contribution in [0.3, 0.4) is 0 Å². The molecule has 0 aliphatic rings. The Kier molecular flexibility index (Phi) is 6.87. The van der Waals surface area contributed by atoms with Gasteiger partial charge in [-0.2, -0.15) is 0 Å². The van der Waals surface area contributed by atoms with Gasteiger partial charge in [0.1, 0.15) is 12.4 Å². The zero-order valence-electron chi connectivity index (χ0n) is 16.7. The summed E-state index contributed by atoms with van der Waals surface area (Å²) in [5.41, 5.74) is 2.20. The maximum absolute atomic E-state index is 13.2. The molecule has 0 radical (unpaired) electrons. The molecule has 158 valence electrons. The van der Waals surface area contributed by atoms with Crippen LogP contribution in [0.1, 0.15) is 11.3 Å². The van der Waals surface area contributed by atoms with E-state index in [4.69, 9.17) is 27.9 Å². The van der Waals surface area contributed by atoms with Crippen LogP contribution in [0.4, 0.5) is 0 Å². The van der Waals surface area contributed by atoms with E-state index in [9.17, 15) is 4.79 Å². The first-order chi connectivity index (χ1) is 15.1. The number of para-hydroxylation sites is 1. The number of aromatic nitrogens is 2. The van der Waals surface area contributed by atoms with Crippen molar-refractivity contribution in [2.45, 2.75) is 19.6 Å². The van der Waals surface area contributed by atoms with Crippen molar-refractivity contribution in [3.05, 3.63) is 105 Å². The van der Waals surface area contributed by atoms with Gasteiger partial charge in [-0.3, -0.25) is 9.78 Å². The molecule has 0 amide bonds. The van der Waals surface area contributed by atoms with Crippen molar-refractivity contribution in [1.82, 2.24) is 14.9 Å². The highest BCUT2D eigenvalue weighted by Crippen LogP contribution is 2.19. The zero-order valence-corrected chi connectivity index (χ0v) is 18.2. The normalized spacial score (nSPS) is 11.0. The molecule has 0 aliphatic heterocycles. The lowest BCUT2D eigenvalue weighted by molar-refractivity contribution is 0.298. The molecular formula is C24H21Cl2N3O2. The third-order valence-corrected chi connectivity index (χ3v) is 5.33. The van der Waals surface area contributed by atoms with Crippen LogP contribution in [0.15, 0.2) is 77.7 Å². The minimum Gasteiger partial charge on any atom is -0.492 e. The highest BCUT2D eigenvalue weighted by atomic mass is 35.5. The first-order valence-electron chi connectivity index (χ1n) is 9.91. The number of nitrogens with one attached hydrogen (secondary N) is 1. The van der Waals surface area contributed by atoms with Crippen LogP contribution in [0.25, 0.3) is 10.9 Å². The molecule has 0 unspecified atom stereocenters. The summed E-state index contributed by atoms with van der Waals surface area (Å²) < 4.78 is 7.53. The molecule has 7 heteroatoms. The number of nitrogens with zero attached hydrogens (tertiary/aromatic N) is 2. The van der Waals surface area contributed by atoms with Gasteiger partial charge in [0, 0.05) is 34.9 Å². The van der Waals surface area contributed by atoms with Gasteiger partial charge in [0.05, 0.1) is 17.8 Å². The summed E-state index contributed by atoms with van der Waals surface area (Å²) in [7, 11) is 0.